The highest BCUT2D eigenvalue weighted by Crippen LogP contribution is 2.45. The van der Waals surface area contributed by atoms with Crippen LogP contribution < -0.4 is 21.7 Å². The van der Waals surface area contributed by atoms with Gasteiger partial charge in [-0.1, -0.05) is 109 Å². The number of ether oxygens (including phenoxy) is 2. The number of ketones is 4. The van der Waals surface area contributed by atoms with E-state index in [1.165, 1.54) is 70.3 Å². The molecule has 4 aromatic carbocycles. The molecule has 0 spiro atoms. The summed E-state index contributed by atoms with van der Waals surface area (Å²) in [4.78, 5) is 114. The van der Waals surface area contributed by atoms with Crippen molar-refractivity contribution in [1.82, 2.24) is 0 Å². The maximum atomic E-state index is 15.4. The van der Waals surface area contributed by atoms with Crippen molar-refractivity contribution in [1.29, 1.82) is 0 Å². The molecule has 6 unspecified atom stereocenters. The van der Waals surface area contributed by atoms with Crippen LogP contribution in [0.25, 0.3) is 0 Å². The summed E-state index contributed by atoms with van der Waals surface area (Å²) >= 11 is 0. The second-order valence-corrected chi connectivity index (χ2v) is 23.5. The van der Waals surface area contributed by atoms with E-state index in [9.17, 15) is 52.0 Å². The van der Waals surface area contributed by atoms with E-state index in [0.717, 1.165) is 32.4 Å². The number of hydrogen-bond donors (Lipinski definition) is 7. The fourth-order valence-electron chi connectivity index (χ4n) is 11.2. The summed E-state index contributed by atoms with van der Waals surface area (Å²) < 4.78 is 49.9. The molecule has 76 heavy (non-hydrogen) atoms. The fraction of sp³-hybridized carbons (Fsp3) is 0.429. The molecule has 6 atom stereocenters. The number of carboxylic acids is 2. The van der Waals surface area contributed by atoms with Gasteiger partial charge < -0.3 is 41.4 Å². The smallest absolute Gasteiger partial charge is 0.307 e. The molecule has 4 aromatic rings. The number of nitrogens with one attached hydrogen (secondary N) is 3. The molecular formula is C56H64N4O15S. The fourth-order valence-corrected chi connectivity index (χ4v) is 11.8. The number of nitrogen functional groups attached to an aromatic ring is 1. The van der Waals surface area contributed by atoms with Crippen LogP contribution in [0.4, 0.5) is 22.7 Å². The van der Waals surface area contributed by atoms with Gasteiger partial charge in [-0.25, -0.2) is 0 Å². The predicted molar refractivity (Wildman–Crippen MR) is 280 cm³/mol. The summed E-state index contributed by atoms with van der Waals surface area (Å²) in [6.07, 6.45) is -0.00246. The number of nitrogens with two attached hydrogens (primary N) is 1. The molecule has 8 N–H and O–H groups in total. The molecule has 0 heterocycles. The number of aliphatic carboxylic acids is 2. The molecule has 19 nitrogen and oxygen atoms in total. The number of amides is 2. The quantitative estimate of drug-likeness (QED) is 0.0317. The highest BCUT2D eigenvalue weighted by atomic mass is 32.2. The lowest BCUT2D eigenvalue weighted by molar-refractivity contribution is -0.160. The van der Waals surface area contributed by atoms with Crippen LogP contribution >= 0.6 is 0 Å². The Morgan fingerprint density at radius 2 is 1.14 bits per heavy atom. The number of benzene rings is 4. The molecule has 3 aliphatic rings. The number of rotatable bonds is 18. The number of fused-ring (bicyclic) bond motifs is 4. The van der Waals surface area contributed by atoms with Crippen molar-refractivity contribution in [2.45, 2.75) is 110 Å². The van der Waals surface area contributed by atoms with E-state index in [1.807, 2.05) is 0 Å². The average molecular weight is 1070 g/mol. The first-order valence-electron chi connectivity index (χ1n) is 25.0. The SMILES string of the molecule is COC(CC(C)(C)C)C(C(=O)Nc1c(S(=O)(=O)O)cc(NC2CCCCC2)c2c1C(=O)c1ccccc1C2=O)C(CC(OC)C(C(=O)Nc1ccc(N)c2c1C(=O)c1ccccc1C2=O)C(C(=O)O)C(C)(C)C)C(=O)O. The number of methoxy groups -OCH3 is 2. The topological polar surface area (TPSA) is 312 Å². The van der Waals surface area contributed by atoms with Crippen molar-refractivity contribution in [3.8, 4) is 0 Å². The first-order valence-corrected chi connectivity index (χ1v) is 26.4. The summed E-state index contributed by atoms with van der Waals surface area (Å²) in [5.74, 6) is -15.7. The number of hydrogen-bond acceptors (Lipinski definition) is 14. The maximum Gasteiger partial charge on any atom is 0.307 e. The number of carboxylic acid groups (broad SMARTS) is 2. The zero-order valence-electron chi connectivity index (χ0n) is 43.6. The third-order valence-electron chi connectivity index (χ3n) is 14.6. The molecule has 0 aromatic heterocycles. The van der Waals surface area contributed by atoms with E-state index in [2.05, 4.69) is 16.0 Å². The van der Waals surface area contributed by atoms with Crippen molar-refractivity contribution in [2.24, 2.45) is 34.5 Å². The van der Waals surface area contributed by atoms with Crippen LogP contribution in [0.3, 0.4) is 0 Å². The summed E-state index contributed by atoms with van der Waals surface area (Å²) in [7, 11) is -3.05. The van der Waals surface area contributed by atoms with Gasteiger partial charge in [0.1, 0.15) is 4.90 Å². The van der Waals surface area contributed by atoms with E-state index in [-0.39, 0.29) is 68.5 Å². The standard InChI is InChI=1S/C56H64N4O15S/c1-55(2,3)26-37(75-8)39(51(65)60-46-38(76(71,72)73)25-35(58-27-16-10-9-11-17-27)42-44(46)50(64)31-21-15-14-20-30(31)49(42)63)32(53(67)68)24-36(74-7)43(45(54(69)70)56(4,5)6)52(66)59-34-23-22-33(57)40-41(34)48(62)29-19-13-12-18-28(29)47(40)61/h12-15,18-23,25,27,32,36-37,39,43,45,58H,9-11,16-17,24,26,57H2,1-8H3,(H,59,66)(H,60,65)(H,67,68)(H,69,70)(H,71,72,73). The molecule has 0 aliphatic heterocycles. The van der Waals surface area contributed by atoms with Gasteiger partial charge in [-0.2, -0.15) is 8.42 Å². The summed E-state index contributed by atoms with van der Waals surface area (Å²) in [6.45, 7) is 9.94. The van der Waals surface area contributed by atoms with Crippen LogP contribution in [0, 0.1) is 34.5 Å². The lowest BCUT2D eigenvalue weighted by atomic mass is 9.68. The Balaban J connectivity index is 1.37. The monoisotopic (exact) mass is 1060 g/mol. The molecule has 404 valence electrons. The highest BCUT2D eigenvalue weighted by molar-refractivity contribution is 7.86. The Morgan fingerprint density at radius 3 is 1.61 bits per heavy atom. The van der Waals surface area contributed by atoms with Gasteiger partial charge in [0.15, 0.2) is 23.1 Å². The third kappa shape index (κ3) is 11.2. The molecule has 7 rings (SSSR count). The average Bonchev–Trinajstić information content (AvgIpc) is 3.36. The van der Waals surface area contributed by atoms with Crippen LogP contribution in [0.5, 0.6) is 0 Å². The van der Waals surface area contributed by atoms with E-state index < -0.39 is 126 Å². The predicted octanol–water partition coefficient (Wildman–Crippen LogP) is 7.92. The van der Waals surface area contributed by atoms with Gasteiger partial charge in [0.2, 0.25) is 11.8 Å². The van der Waals surface area contributed by atoms with Crippen molar-refractivity contribution in [3.63, 3.8) is 0 Å². The van der Waals surface area contributed by atoms with Crippen LogP contribution in [0.2, 0.25) is 0 Å². The first kappa shape index (κ1) is 56.6. The van der Waals surface area contributed by atoms with E-state index in [0.29, 0.717) is 12.8 Å². The molecule has 1 fully saturated rings. The molecule has 1 saturated carbocycles. The third-order valence-corrected chi connectivity index (χ3v) is 15.5. The number of carbonyl (C=O) groups excluding carboxylic acids is 6. The molecule has 0 bridgehead atoms. The second kappa shape index (κ2) is 21.8. The summed E-state index contributed by atoms with van der Waals surface area (Å²) in [5.41, 5.74) is 1.78. The largest absolute Gasteiger partial charge is 0.481 e. The van der Waals surface area contributed by atoms with Crippen LogP contribution in [-0.4, -0.2) is 103 Å². The van der Waals surface area contributed by atoms with Gasteiger partial charge in [-0.3, -0.25) is 42.9 Å². The normalized spacial score (nSPS) is 17.2. The van der Waals surface area contributed by atoms with Gasteiger partial charge in [0, 0.05) is 53.9 Å². The van der Waals surface area contributed by atoms with Crippen LogP contribution in [0.15, 0.2) is 71.6 Å². The van der Waals surface area contributed by atoms with Crippen molar-refractivity contribution in [2.75, 3.05) is 35.9 Å². The van der Waals surface area contributed by atoms with Gasteiger partial charge in [-0.15, -0.1) is 0 Å². The molecule has 0 radical (unpaired) electrons. The van der Waals surface area contributed by atoms with E-state index in [4.69, 9.17) is 15.2 Å². The second-order valence-electron chi connectivity index (χ2n) is 22.1. The molecule has 2 amide bonds. The maximum absolute atomic E-state index is 15.4. The van der Waals surface area contributed by atoms with Crippen molar-refractivity contribution in [3.05, 3.63) is 111 Å². The Labute approximate surface area is 440 Å². The molecule has 3 aliphatic carbocycles. The minimum absolute atomic E-state index is 0.00200. The Bertz CT molecular complexity index is 3170. The van der Waals surface area contributed by atoms with Crippen LogP contribution in [-0.2, 0) is 38.8 Å². The number of anilines is 4. The Hall–Kier alpha value is -7.13. The van der Waals surface area contributed by atoms with Gasteiger partial charge >= 0.3 is 11.9 Å². The van der Waals surface area contributed by atoms with Crippen molar-refractivity contribution >= 4 is 79.8 Å². The van der Waals surface area contributed by atoms with E-state index in [1.54, 1.807) is 39.0 Å². The van der Waals surface area contributed by atoms with Crippen molar-refractivity contribution < 1.29 is 71.0 Å². The van der Waals surface area contributed by atoms with Gasteiger partial charge in [0.25, 0.3) is 10.1 Å². The van der Waals surface area contributed by atoms with E-state index >= 15 is 9.59 Å². The molecule has 20 heteroatoms. The summed E-state index contributed by atoms with van der Waals surface area (Å²) in [6, 6.07) is 15.1. The minimum atomic E-state index is -5.37. The zero-order valence-corrected chi connectivity index (χ0v) is 44.4. The Kier molecular flexibility index (Phi) is 16.3. The number of carbonyl (C=O) groups is 8. The summed E-state index contributed by atoms with van der Waals surface area (Å²) in [5, 5.41) is 30.6. The first-order chi connectivity index (χ1) is 35.6. The van der Waals surface area contributed by atoms with Crippen LogP contribution in [0.1, 0.15) is 150 Å². The molecule has 0 saturated heterocycles. The van der Waals surface area contributed by atoms with Gasteiger partial charge in [-0.05, 0) is 54.7 Å². The zero-order chi connectivity index (χ0) is 55.9. The lowest BCUT2D eigenvalue weighted by Crippen LogP contribution is -2.50. The Morgan fingerprint density at radius 1 is 0.658 bits per heavy atom. The lowest BCUT2D eigenvalue weighted by Gasteiger charge is -2.39. The minimum Gasteiger partial charge on any atom is -0.481 e. The highest BCUT2D eigenvalue weighted by Gasteiger charge is 2.51. The van der Waals surface area contributed by atoms with Gasteiger partial charge in [0.05, 0.1) is 69.5 Å². The molecular weight excluding hydrogens is 1000 g/mol.